The molecule has 0 spiro atoms. The van der Waals surface area contributed by atoms with E-state index in [0.717, 1.165) is 34.5 Å². The van der Waals surface area contributed by atoms with Crippen LogP contribution in [0.4, 0.5) is 0 Å². The first kappa shape index (κ1) is 29.4. The largest absolute Gasteiger partial charge is 0.179 e. The summed E-state index contributed by atoms with van der Waals surface area (Å²) in [7, 11) is 0. The van der Waals surface area contributed by atoms with Crippen molar-refractivity contribution in [2.45, 2.75) is 17.9 Å². The highest BCUT2D eigenvalue weighted by Crippen LogP contribution is 2.36. The van der Waals surface area contributed by atoms with Gasteiger partial charge in [0.1, 0.15) is 0 Å². The van der Waals surface area contributed by atoms with Gasteiger partial charge in [0.05, 0.1) is 4.08 Å². The van der Waals surface area contributed by atoms with Gasteiger partial charge in [0.2, 0.25) is 0 Å². The second-order valence-electron chi connectivity index (χ2n) is 4.83. The number of hydrogen-bond acceptors (Lipinski definition) is 9. The van der Waals surface area contributed by atoms with Crippen LogP contribution in [0.15, 0.2) is 0 Å². The van der Waals surface area contributed by atoms with Crippen LogP contribution in [0.2, 0.25) is 0 Å². The first-order valence-electron chi connectivity index (χ1n) is 7.98. The van der Waals surface area contributed by atoms with Gasteiger partial charge in [0.15, 0.2) is 0 Å². The summed E-state index contributed by atoms with van der Waals surface area (Å²) in [5.74, 6) is 13.6. The molecule has 0 aliphatic carbocycles. The van der Waals surface area contributed by atoms with Gasteiger partial charge in [-0.3, -0.25) is 0 Å². The third kappa shape index (κ3) is 27.4. The summed E-state index contributed by atoms with van der Waals surface area (Å²) in [4.78, 5) is 0. The molecule has 0 saturated heterocycles. The van der Waals surface area contributed by atoms with Crippen LogP contribution in [-0.4, -0.2) is 73.1 Å². The van der Waals surface area contributed by atoms with E-state index in [9.17, 15) is 0 Å². The van der Waals surface area contributed by atoms with Crippen LogP contribution < -0.4 is 0 Å². The molecule has 148 valence electrons. The van der Waals surface area contributed by atoms with Crippen molar-refractivity contribution in [1.29, 1.82) is 0 Å². The molecule has 0 nitrogen and oxygen atoms in total. The third-order valence-corrected chi connectivity index (χ3v) is 10.8. The monoisotopic (exact) mass is 502 g/mol. The van der Waals surface area contributed by atoms with E-state index in [-0.39, 0.29) is 0 Å². The molecule has 0 fully saturated rings. The second kappa shape index (κ2) is 24.2. The second-order valence-corrected chi connectivity index (χ2v) is 14.0. The van der Waals surface area contributed by atoms with E-state index in [4.69, 9.17) is 0 Å². The molecular weight excluding hydrogens is 469 g/mol. The fourth-order valence-corrected chi connectivity index (χ4v) is 7.40. The zero-order valence-corrected chi connectivity index (χ0v) is 22.5. The number of rotatable bonds is 16. The topological polar surface area (TPSA) is 0 Å². The van der Waals surface area contributed by atoms with Crippen molar-refractivity contribution in [2.24, 2.45) is 0 Å². The van der Waals surface area contributed by atoms with Crippen LogP contribution in [0.5, 0.6) is 0 Å². The predicted molar refractivity (Wildman–Crippen MR) is 146 cm³/mol. The summed E-state index contributed by atoms with van der Waals surface area (Å²) in [5, 5.41) is 0. The molecule has 0 saturated carbocycles. The van der Waals surface area contributed by atoms with Gasteiger partial charge in [-0.25, -0.2) is 0 Å². The van der Waals surface area contributed by atoms with Crippen LogP contribution >= 0.6 is 109 Å². The number of thiol groups is 4. The van der Waals surface area contributed by atoms with Crippen LogP contribution in [0, 0.1) is 0 Å². The number of thioether (sulfide) groups is 5. The molecular formula is C15H34S9. The maximum Gasteiger partial charge on any atom is 0.0555 e. The Hall–Kier alpha value is 3.15. The van der Waals surface area contributed by atoms with Gasteiger partial charge in [-0.2, -0.15) is 85.8 Å². The molecule has 0 aliphatic rings. The first-order chi connectivity index (χ1) is 11.5. The molecule has 9 heteroatoms. The normalized spacial score (nSPS) is 11.2. The van der Waals surface area contributed by atoms with E-state index in [2.05, 4.69) is 87.9 Å². The number of hydrogen-bond donors (Lipinski definition) is 4. The van der Waals surface area contributed by atoms with Gasteiger partial charge >= 0.3 is 0 Å². The Morgan fingerprint density at radius 1 is 0.500 bits per heavy atom. The Morgan fingerprint density at radius 3 is 1.08 bits per heavy atom. The molecule has 0 amide bonds. The standard InChI is InChI=1S/C11H24S6.C4H10S3/c1-11(2,16-9-7-14-5-3-12)17-10-8-15-6-4-13;5-1-3-7-4-2-6/h12-13H,3-10H2,1-2H3;5-6H,1-4H2. The van der Waals surface area contributed by atoms with Gasteiger partial charge in [0.25, 0.3) is 0 Å². The summed E-state index contributed by atoms with van der Waals surface area (Å²) < 4.78 is 0.364. The fraction of sp³-hybridized carbons (Fsp3) is 1.00. The molecule has 0 radical (unpaired) electrons. The highest BCUT2D eigenvalue weighted by Gasteiger charge is 2.17. The average molecular weight is 503 g/mol. The van der Waals surface area contributed by atoms with E-state index >= 15 is 0 Å². The summed E-state index contributed by atoms with van der Waals surface area (Å²) in [5.41, 5.74) is 0. The van der Waals surface area contributed by atoms with Crippen molar-refractivity contribution in [3.8, 4) is 0 Å². The zero-order chi connectivity index (χ0) is 18.5. The molecule has 0 N–H and O–H groups in total. The minimum absolute atomic E-state index is 0.364. The quantitative estimate of drug-likeness (QED) is 0.114. The lowest BCUT2D eigenvalue weighted by atomic mass is 10.5. The van der Waals surface area contributed by atoms with Gasteiger partial charge < -0.3 is 0 Å². The van der Waals surface area contributed by atoms with Gasteiger partial charge in [-0.1, -0.05) is 0 Å². The molecule has 24 heavy (non-hydrogen) atoms. The molecule has 0 bridgehead atoms. The summed E-state index contributed by atoms with van der Waals surface area (Å²) in [6.45, 7) is 4.68. The molecule has 0 aromatic carbocycles. The highest BCUT2D eigenvalue weighted by atomic mass is 32.2. The van der Waals surface area contributed by atoms with Crippen molar-refractivity contribution in [3.63, 3.8) is 0 Å². The molecule has 0 aromatic heterocycles. The van der Waals surface area contributed by atoms with Crippen LogP contribution in [0.3, 0.4) is 0 Å². The fourth-order valence-electron chi connectivity index (χ4n) is 1.30. The molecule has 0 aromatic rings. The molecule has 0 aliphatic heterocycles. The molecule has 0 rings (SSSR count). The Balaban J connectivity index is 0. The Morgan fingerprint density at radius 2 is 0.792 bits per heavy atom. The van der Waals surface area contributed by atoms with Crippen LogP contribution in [-0.2, 0) is 0 Å². The van der Waals surface area contributed by atoms with E-state index in [0.29, 0.717) is 4.08 Å². The van der Waals surface area contributed by atoms with Crippen molar-refractivity contribution >= 4 is 109 Å². The minimum atomic E-state index is 0.364. The van der Waals surface area contributed by atoms with Crippen molar-refractivity contribution in [2.75, 3.05) is 69.0 Å². The van der Waals surface area contributed by atoms with Crippen molar-refractivity contribution < 1.29 is 0 Å². The van der Waals surface area contributed by atoms with Crippen molar-refractivity contribution in [3.05, 3.63) is 0 Å². The molecule has 0 atom stereocenters. The van der Waals surface area contributed by atoms with E-state index in [1.165, 1.54) is 34.5 Å². The third-order valence-electron chi connectivity index (χ3n) is 2.30. The van der Waals surface area contributed by atoms with Crippen LogP contribution in [0.1, 0.15) is 13.8 Å². The smallest absolute Gasteiger partial charge is 0.0555 e. The lowest BCUT2D eigenvalue weighted by molar-refractivity contribution is 1.03. The average Bonchev–Trinajstić information content (AvgIpc) is 2.55. The Kier molecular flexibility index (Phi) is 29.6. The molecule has 0 heterocycles. The van der Waals surface area contributed by atoms with Crippen LogP contribution in [0.25, 0.3) is 0 Å². The summed E-state index contributed by atoms with van der Waals surface area (Å²) >= 11 is 26.6. The predicted octanol–water partition coefficient (Wildman–Crippen LogP) is 6.09. The summed E-state index contributed by atoms with van der Waals surface area (Å²) in [6.07, 6.45) is 0. The van der Waals surface area contributed by atoms with Gasteiger partial charge in [-0.05, 0) is 36.9 Å². The SMILES string of the molecule is CC(C)(SCCSCCS)SCCSCCS.SCCSCCS. The lowest BCUT2D eigenvalue weighted by Crippen LogP contribution is -2.12. The maximum atomic E-state index is 4.21. The lowest BCUT2D eigenvalue weighted by Gasteiger charge is -2.23. The van der Waals surface area contributed by atoms with Gasteiger partial charge in [0, 0.05) is 46.0 Å². The van der Waals surface area contributed by atoms with E-state index in [1.807, 2.05) is 35.3 Å². The first-order valence-corrected chi connectivity index (χ1v) is 15.9. The molecule has 0 unspecified atom stereocenters. The van der Waals surface area contributed by atoms with Crippen molar-refractivity contribution in [1.82, 2.24) is 0 Å². The zero-order valence-electron chi connectivity index (χ0n) is 14.8. The maximum absolute atomic E-state index is 4.21. The van der Waals surface area contributed by atoms with E-state index in [1.54, 1.807) is 0 Å². The van der Waals surface area contributed by atoms with E-state index < -0.39 is 0 Å². The Bertz CT molecular complexity index is 207. The van der Waals surface area contributed by atoms with Gasteiger partial charge in [-0.15, -0.1) is 23.5 Å². The Labute approximate surface area is 194 Å². The highest BCUT2D eigenvalue weighted by molar-refractivity contribution is 8.18. The summed E-state index contributed by atoms with van der Waals surface area (Å²) in [6, 6.07) is 0. The minimum Gasteiger partial charge on any atom is -0.179 e.